The number of nitrogens with one attached hydrogen (secondary N) is 1. The number of anilines is 1. The summed E-state index contributed by atoms with van der Waals surface area (Å²) in [6.07, 6.45) is 0.938. The van der Waals surface area contributed by atoms with E-state index in [1.165, 1.54) is 5.56 Å². The molecule has 0 aromatic heterocycles. The predicted octanol–water partition coefficient (Wildman–Crippen LogP) is 3.50. The second-order valence-electron chi connectivity index (χ2n) is 6.22. The lowest BCUT2D eigenvalue weighted by molar-refractivity contribution is 0.148. The van der Waals surface area contributed by atoms with Gasteiger partial charge in [0.1, 0.15) is 0 Å². The Morgan fingerprint density at radius 2 is 1.62 bits per heavy atom. The molecule has 2 aromatic carbocycles. The average molecular weight is 363 g/mol. The number of carbonyl (C=O) groups excluding carboxylic acids is 1. The number of hydrogen-bond acceptors (Lipinski definition) is 2. The minimum atomic E-state index is -1.59. The summed E-state index contributed by atoms with van der Waals surface area (Å²) in [4.78, 5) is 16.0. The van der Waals surface area contributed by atoms with Gasteiger partial charge in [0.15, 0.2) is 17.5 Å². The molecule has 0 bridgehead atoms. The molecule has 1 fully saturated rings. The largest absolute Gasteiger partial charge is 0.322 e. The van der Waals surface area contributed by atoms with Crippen molar-refractivity contribution in [2.24, 2.45) is 0 Å². The average Bonchev–Trinajstić information content (AvgIpc) is 2.68. The van der Waals surface area contributed by atoms with Crippen molar-refractivity contribution < 1.29 is 18.0 Å². The summed E-state index contributed by atoms with van der Waals surface area (Å²) < 4.78 is 39.8. The van der Waals surface area contributed by atoms with Gasteiger partial charge in [-0.1, -0.05) is 30.3 Å². The van der Waals surface area contributed by atoms with Crippen molar-refractivity contribution in [1.29, 1.82) is 0 Å². The van der Waals surface area contributed by atoms with Crippen LogP contribution in [0.1, 0.15) is 5.56 Å². The number of halogens is 3. The van der Waals surface area contributed by atoms with Crippen LogP contribution in [0.5, 0.6) is 0 Å². The molecule has 0 spiro atoms. The van der Waals surface area contributed by atoms with E-state index in [2.05, 4.69) is 22.3 Å². The molecule has 1 aliphatic heterocycles. The smallest absolute Gasteiger partial charge is 0.322 e. The van der Waals surface area contributed by atoms with E-state index in [1.807, 2.05) is 18.2 Å². The van der Waals surface area contributed by atoms with Crippen LogP contribution >= 0.6 is 0 Å². The predicted molar refractivity (Wildman–Crippen MR) is 93.5 cm³/mol. The van der Waals surface area contributed by atoms with Crippen LogP contribution in [0.25, 0.3) is 0 Å². The highest BCUT2D eigenvalue weighted by atomic mass is 19.2. The quantitative estimate of drug-likeness (QED) is 0.844. The topological polar surface area (TPSA) is 35.6 Å². The molecule has 4 nitrogen and oxygen atoms in total. The summed E-state index contributed by atoms with van der Waals surface area (Å²) in [5, 5.41) is 2.31. The van der Waals surface area contributed by atoms with Crippen LogP contribution in [0.3, 0.4) is 0 Å². The number of hydrogen-bond donors (Lipinski definition) is 1. The minimum absolute atomic E-state index is 0.361. The molecule has 1 N–H and O–H groups in total. The fraction of sp³-hybridized carbons (Fsp3) is 0.316. The minimum Gasteiger partial charge on any atom is -0.322 e. The zero-order valence-corrected chi connectivity index (χ0v) is 14.2. The maximum absolute atomic E-state index is 13.7. The lowest BCUT2D eigenvalue weighted by Crippen LogP contribution is -2.50. The summed E-state index contributed by atoms with van der Waals surface area (Å²) >= 11 is 0. The van der Waals surface area contributed by atoms with Gasteiger partial charge >= 0.3 is 6.03 Å². The Bertz CT molecular complexity index is 762. The molecule has 3 rings (SSSR count). The van der Waals surface area contributed by atoms with Crippen molar-refractivity contribution in [1.82, 2.24) is 9.80 Å². The first-order valence-electron chi connectivity index (χ1n) is 8.50. The van der Waals surface area contributed by atoms with Gasteiger partial charge in [-0.25, -0.2) is 18.0 Å². The highest BCUT2D eigenvalue weighted by molar-refractivity contribution is 5.89. The monoisotopic (exact) mass is 363 g/mol. The molecule has 2 amide bonds. The number of nitrogens with zero attached hydrogens (tertiary/aromatic N) is 2. The summed E-state index contributed by atoms with van der Waals surface area (Å²) in [7, 11) is 0. The summed E-state index contributed by atoms with van der Waals surface area (Å²) in [5.74, 6) is -4.26. The van der Waals surface area contributed by atoms with Crippen LogP contribution < -0.4 is 5.32 Å². The van der Waals surface area contributed by atoms with E-state index in [1.54, 1.807) is 4.90 Å². The van der Waals surface area contributed by atoms with Crippen molar-refractivity contribution in [3.63, 3.8) is 0 Å². The van der Waals surface area contributed by atoms with E-state index >= 15 is 0 Å². The lowest BCUT2D eigenvalue weighted by Gasteiger charge is -2.34. The van der Waals surface area contributed by atoms with Gasteiger partial charge in [0.05, 0.1) is 5.69 Å². The highest BCUT2D eigenvalue weighted by Crippen LogP contribution is 2.20. The van der Waals surface area contributed by atoms with E-state index in [-0.39, 0.29) is 5.69 Å². The van der Waals surface area contributed by atoms with Gasteiger partial charge in [0.25, 0.3) is 0 Å². The maximum atomic E-state index is 13.7. The maximum Gasteiger partial charge on any atom is 0.322 e. The second kappa shape index (κ2) is 8.23. The first-order chi connectivity index (χ1) is 12.5. The van der Waals surface area contributed by atoms with Crippen molar-refractivity contribution in [3.05, 3.63) is 65.5 Å². The third kappa shape index (κ3) is 4.35. The Balaban J connectivity index is 1.48. The molecule has 0 saturated carbocycles. The second-order valence-corrected chi connectivity index (χ2v) is 6.22. The van der Waals surface area contributed by atoms with Gasteiger partial charge in [-0.3, -0.25) is 4.90 Å². The molecule has 2 aromatic rings. The fourth-order valence-electron chi connectivity index (χ4n) is 2.92. The Morgan fingerprint density at radius 1 is 0.923 bits per heavy atom. The number of rotatable bonds is 4. The first-order valence-corrected chi connectivity index (χ1v) is 8.50. The van der Waals surface area contributed by atoms with E-state index in [4.69, 9.17) is 0 Å². The molecule has 1 aliphatic rings. The SMILES string of the molecule is O=C(Nc1ccc(F)c(F)c1F)N1CCN(CCc2ccccc2)CC1. The zero-order valence-electron chi connectivity index (χ0n) is 14.2. The molecule has 1 heterocycles. The molecular formula is C19H20F3N3O. The fourth-order valence-corrected chi connectivity index (χ4v) is 2.92. The molecule has 7 heteroatoms. The summed E-state index contributed by atoms with van der Waals surface area (Å²) in [6.45, 7) is 3.30. The molecule has 26 heavy (non-hydrogen) atoms. The van der Waals surface area contributed by atoms with Crippen molar-refractivity contribution >= 4 is 11.7 Å². The van der Waals surface area contributed by atoms with Crippen molar-refractivity contribution in [2.75, 3.05) is 38.0 Å². The standard InChI is InChI=1S/C19H20F3N3O/c20-15-6-7-16(18(22)17(15)21)23-19(26)25-12-10-24(11-13-25)9-8-14-4-2-1-3-5-14/h1-7H,8-13H2,(H,23,26). The molecule has 0 aliphatic carbocycles. The van der Waals surface area contributed by atoms with Crippen LogP contribution in [0.4, 0.5) is 23.7 Å². The summed E-state index contributed by atoms with van der Waals surface area (Å²) in [6, 6.07) is 11.5. The Kier molecular flexibility index (Phi) is 5.78. The van der Waals surface area contributed by atoms with Crippen LogP contribution in [0.2, 0.25) is 0 Å². The number of benzene rings is 2. The molecule has 1 saturated heterocycles. The molecular weight excluding hydrogens is 343 g/mol. The van der Waals surface area contributed by atoms with Crippen LogP contribution in [0.15, 0.2) is 42.5 Å². The normalized spacial score (nSPS) is 15.1. The molecule has 0 unspecified atom stereocenters. The third-order valence-corrected chi connectivity index (χ3v) is 4.50. The molecule has 0 atom stereocenters. The van der Waals surface area contributed by atoms with Gasteiger partial charge in [-0.05, 0) is 24.1 Å². The van der Waals surface area contributed by atoms with Crippen LogP contribution in [-0.2, 0) is 6.42 Å². The van der Waals surface area contributed by atoms with Gasteiger partial charge in [0, 0.05) is 32.7 Å². The molecule has 138 valence electrons. The van der Waals surface area contributed by atoms with E-state index in [9.17, 15) is 18.0 Å². The number of carbonyl (C=O) groups is 1. The van der Waals surface area contributed by atoms with Gasteiger partial charge in [-0.15, -0.1) is 0 Å². The Labute approximate surface area is 150 Å². The van der Waals surface area contributed by atoms with Gasteiger partial charge in [-0.2, -0.15) is 0 Å². The van der Waals surface area contributed by atoms with Crippen LogP contribution in [0, 0.1) is 17.5 Å². The number of piperazine rings is 1. The highest BCUT2D eigenvalue weighted by Gasteiger charge is 2.22. The number of urea groups is 1. The van der Waals surface area contributed by atoms with E-state index in [0.29, 0.717) is 26.2 Å². The number of amides is 2. The van der Waals surface area contributed by atoms with Crippen LogP contribution in [-0.4, -0.2) is 48.6 Å². The summed E-state index contributed by atoms with van der Waals surface area (Å²) in [5.41, 5.74) is 0.905. The third-order valence-electron chi connectivity index (χ3n) is 4.50. The Hall–Kier alpha value is -2.54. The van der Waals surface area contributed by atoms with E-state index in [0.717, 1.165) is 25.1 Å². The van der Waals surface area contributed by atoms with Crippen molar-refractivity contribution in [2.45, 2.75) is 6.42 Å². The van der Waals surface area contributed by atoms with Crippen molar-refractivity contribution in [3.8, 4) is 0 Å². The zero-order chi connectivity index (χ0) is 18.5. The van der Waals surface area contributed by atoms with Gasteiger partial charge in [0.2, 0.25) is 0 Å². The molecule has 0 radical (unpaired) electrons. The first kappa shape index (κ1) is 18.3. The van der Waals surface area contributed by atoms with E-state index < -0.39 is 23.5 Å². The lowest BCUT2D eigenvalue weighted by atomic mass is 10.1. The van der Waals surface area contributed by atoms with Gasteiger partial charge < -0.3 is 10.2 Å². The Morgan fingerprint density at radius 3 is 2.31 bits per heavy atom.